The van der Waals surface area contributed by atoms with Gasteiger partial charge in [0.1, 0.15) is 0 Å². The van der Waals surface area contributed by atoms with Crippen molar-refractivity contribution in [3.8, 4) is 0 Å². The number of aromatic nitrogens is 1. The minimum absolute atomic E-state index is 0.0833. The zero-order valence-electron chi connectivity index (χ0n) is 12.9. The lowest BCUT2D eigenvalue weighted by molar-refractivity contribution is -0.120. The van der Waals surface area contributed by atoms with Crippen LogP contribution in [0.25, 0.3) is 0 Å². The van der Waals surface area contributed by atoms with E-state index in [9.17, 15) is 9.59 Å². The molecule has 0 spiro atoms. The van der Waals surface area contributed by atoms with Gasteiger partial charge in [-0.3, -0.25) is 9.59 Å². The van der Waals surface area contributed by atoms with Crippen molar-refractivity contribution in [2.75, 3.05) is 11.1 Å². The molecule has 126 valence electrons. The maximum absolute atomic E-state index is 11.9. The maximum atomic E-state index is 11.9. The summed E-state index contributed by atoms with van der Waals surface area (Å²) in [5, 5.41) is 8.81. The Balaban J connectivity index is 1.79. The molecular formula is C15H16BrN5O2S. The second-order valence-corrected chi connectivity index (χ2v) is 6.77. The summed E-state index contributed by atoms with van der Waals surface area (Å²) in [7, 11) is 0. The van der Waals surface area contributed by atoms with Crippen molar-refractivity contribution in [1.82, 2.24) is 10.4 Å². The molecule has 0 atom stereocenters. The molecule has 0 radical (unpaired) electrons. The van der Waals surface area contributed by atoms with Crippen molar-refractivity contribution >= 4 is 55.6 Å². The van der Waals surface area contributed by atoms with Gasteiger partial charge < -0.3 is 11.1 Å². The molecule has 7 nitrogen and oxygen atoms in total. The first-order chi connectivity index (χ1) is 11.4. The smallest absolute Gasteiger partial charge is 0.246 e. The van der Waals surface area contributed by atoms with E-state index in [1.807, 2.05) is 12.1 Å². The lowest BCUT2D eigenvalue weighted by Crippen LogP contribution is -2.23. The minimum Gasteiger partial charge on any atom is -0.375 e. The third-order valence-corrected chi connectivity index (χ3v) is 4.08. The van der Waals surface area contributed by atoms with Crippen LogP contribution in [0.4, 0.5) is 10.8 Å². The second kappa shape index (κ2) is 8.55. The SMILES string of the molecule is C/C(CC(=O)Nc1ccc(Br)cc1)=N\NC(=O)Cc1csc(N)n1. The Labute approximate surface area is 151 Å². The van der Waals surface area contributed by atoms with Crippen LogP contribution in [-0.4, -0.2) is 22.5 Å². The molecule has 0 aliphatic rings. The number of nitrogens with one attached hydrogen (secondary N) is 2. The van der Waals surface area contributed by atoms with E-state index in [0.29, 0.717) is 22.2 Å². The predicted molar refractivity (Wildman–Crippen MR) is 98.9 cm³/mol. The summed E-state index contributed by atoms with van der Waals surface area (Å²) < 4.78 is 0.933. The van der Waals surface area contributed by atoms with E-state index in [0.717, 1.165) is 4.47 Å². The Morgan fingerprint density at radius 3 is 2.62 bits per heavy atom. The van der Waals surface area contributed by atoms with Crippen molar-refractivity contribution in [3.05, 3.63) is 39.8 Å². The van der Waals surface area contributed by atoms with Crippen LogP contribution >= 0.6 is 27.3 Å². The summed E-state index contributed by atoms with van der Waals surface area (Å²) in [6, 6.07) is 7.25. The molecule has 1 aromatic carbocycles. The highest BCUT2D eigenvalue weighted by Gasteiger charge is 2.08. The molecule has 0 aliphatic heterocycles. The van der Waals surface area contributed by atoms with Gasteiger partial charge in [0.15, 0.2) is 5.13 Å². The van der Waals surface area contributed by atoms with E-state index < -0.39 is 0 Å². The summed E-state index contributed by atoms with van der Waals surface area (Å²) in [4.78, 5) is 27.6. The normalized spacial score (nSPS) is 11.2. The number of carbonyl (C=O) groups is 2. The molecule has 4 N–H and O–H groups in total. The van der Waals surface area contributed by atoms with E-state index >= 15 is 0 Å². The Morgan fingerprint density at radius 2 is 2.00 bits per heavy atom. The van der Waals surface area contributed by atoms with E-state index in [1.54, 1.807) is 24.4 Å². The third-order valence-electron chi connectivity index (χ3n) is 2.83. The summed E-state index contributed by atoms with van der Waals surface area (Å²) in [5.74, 6) is -0.520. The van der Waals surface area contributed by atoms with Gasteiger partial charge in [-0.05, 0) is 31.2 Å². The Bertz CT molecular complexity index is 757. The van der Waals surface area contributed by atoms with Gasteiger partial charge in [-0.2, -0.15) is 5.10 Å². The number of amides is 2. The van der Waals surface area contributed by atoms with Crippen LogP contribution in [0.15, 0.2) is 39.2 Å². The number of nitrogens with two attached hydrogens (primary N) is 1. The number of carbonyl (C=O) groups excluding carboxylic acids is 2. The van der Waals surface area contributed by atoms with Gasteiger partial charge in [-0.15, -0.1) is 11.3 Å². The number of hydrazone groups is 1. The fourth-order valence-electron chi connectivity index (χ4n) is 1.78. The zero-order chi connectivity index (χ0) is 17.5. The molecule has 1 aromatic heterocycles. The summed E-state index contributed by atoms with van der Waals surface area (Å²) in [5.41, 5.74) is 9.69. The minimum atomic E-state index is -0.312. The average molecular weight is 410 g/mol. The molecule has 0 fully saturated rings. The van der Waals surface area contributed by atoms with Gasteiger partial charge in [0.25, 0.3) is 0 Å². The van der Waals surface area contributed by atoms with Gasteiger partial charge >= 0.3 is 0 Å². The Hall–Kier alpha value is -2.26. The van der Waals surface area contributed by atoms with E-state index in [1.165, 1.54) is 11.3 Å². The molecule has 0 saturated heterocycles. The highest BCUT2D eigenvalue weighted by molar-refractivity contribution is 9.10. The van der Waals surface area contributed by atoms with Crippen molar-refractivity contribution in [2.45, 2.75) is 19.8 Å². The zero-order valence-corrected chi connectivity index (χ0v) is 15.3. The molecule has 2 rings (SSSR count). The van der Waals surface area contributed by atoms with Crippen LogP contribution in [0.2, 0.25) is 0 Å². The predicted octanol–water partition coefficient (Wildman–Crippen LogP) is 2.55. The van der Waals surface area contributed by atoms with Crippen LogP contribution in [0.3, 0.4) is 0 Å². The van der Waals surface area contributed by atoms with Crippen molar-refractivity contribution in [1.29, 1.82) is 0 Å². The van der Waals surface area contributed by atoms with Gasteiger partial charge in [0.2, 0.25) is 11.8 Å². The molecule has 0 saturated carbocycles. The maximum Gasteiger partial charge on any atom is 0.246 e. The van der Waals surface area contributed by atoms with Crippen LogP contribution in [0.5, 0.6) is 0 Å². The van der Waals surface area contributed by atoms with Gasteiger partial charge in [-0.25, -0.2) is 10.4 Å². The number of thiazole rings is 1. The van der Waals surface area contributed by atoms with Gasteiger partial charge in [0, 0.05) is 21.3 Å². The quantitative estimate of drug-likeness (QED) is 0.502. The average Bonchev–Trinajstić information content (AvgIpc) is 2.92. The molecule has 0 unspecified atom stereocenters. The van der Waals surface area contributed by atoms with Crippen LogP contribution in [0, 0.1) is 0 Å². The van der Waals surface area contributed by atoms with Crippen LogP contribution < -0.4 is 16.5 Å². The lowest BCUT2D eigenvalue weighted by Gasteiger charge is -2.05. The van der Waals surface area contributed by atoms with E-state index in [4.69, 9.17) is 5.73 Å². The molecule has 0 bridgehead atoms. The number of halogens is 1. The Morgan fingerprint density at radius 1 is 1.29 bits per heavy atom. The largest absolute Gasteiger partial charge is 0.375 e. The van der Waals surface area contributed by atoms with Crippen molar-refractivity contribution < 1.29 is 9.59 Å². The van der Waals surface area contributed by atoms with Gasteiger partial charge in [0.05, 0.1) is 18.5 Å². The number of hydrogen-bond donors (Lipinski definition) is 3. The molecular weight excluding hydrogens is 394 g/mol. The summed E-state index contributed by atoms with van der Waals surface area (Å²) in [6.45, 7) is 1.67. The monoisotopic (exact) mass is 409 g/mol. The lowest BCUT2D eigenvalue weighted by atomic mass is 10.2. The molecule has 24 heavy (non-hydrogen) atoms. The summed E-state index contributed by atoms with van der Waals surface area (Å²) in [6.07, 6.45) is 0.176. The van der Waals surface area contributed by atoms with Crippen LogP contribution in [0.1, 0.15) is 19.0 Å². The first-order valence-electron chi connectivity index (χ1n) is 6.99. The number of benzene rings is 1. The molecule has 2 amide bonds. The molecule has 2 aromatic rings. The van der Waals surface area contributed by atoms with Crippen molar-refractivity contribution in [2.24, 2.45) is 5.10 Å². The highest BCUT2D eigenvalue weighted by atomic mass is 79.9. The summed E-state index contributed by atoms with van der Waals surface area (Å²) >= 11 is 4.60. The first-order valence-corrected chi connectivity index (χ1v) is 8.67. The van der Waals surface area contributed by atoms with E-state index in [-0.39, 0.29) is 24.7 Å². The number of hydrogen-bond acceptors (Lipinski definition) is 6. The van der Waals surface area contributed by atoms with E-state index in [2.05, 4.69) is 36.8 Å². The fourth-order valence-corrected chi connectivity index (χ4v) is 2.60. The Kier molecular flexibility index (Phi) is 6.44. The third kappa shape index (κ3) is 6.09. The number of anilines is 2. The number of nitrogen functional groups attached to an aromatic ring is 1. The molecule has 1 heterocycles. The standard InChI is InChI=1S/C15H16BrN5O2S/c1-9(6-13(22)18-11-4-2-10(16)3-5-11)20-21-14(23)7-12-8-24-15(17)19-12/h2-5,8H,6-7H2,1H3,(H2,17,19)(H,18,22)(H,21,23)/b20-9+. The van der Waals surface area contributed by atoms with Gasteiger partial charge in [-0.1, -0.05) is 15.9 Å². The van der Waals surface area contributed by atoms with Crippen LogP contribution in [-0.2, 0) is 16.0 Å². The first kappa shape index (κ1) is 18.1. The number of nitrogens with zero attached hydrogens (tertiary/aromatic N) is 2. The molecule has 0 aliphatic carbocycles. The van der Waals surface area contributed by atoms with Crippen molar-refractivity contribution in [3.63, 3.8) is 0 Å². The second-order valence-electron chi connectivity index (χ2n) is 4.97. The number of rotatable bonds is 6. The fraction of sp³-hybridized carbons (Fsp3) is 0.200. The highest BCUT2D eigenvalue weighted by Crippen LogP contribution is 2.14. The molecule has 9 heteroatoms. The topological polar surface area (TPSA) is 109 Å².